The molecule has 1 atom stereocenters. The van der Waals surface area contributed by atoms with Gasteiger partial charge in [0, 0.05) is 23.1 Å². The molecule has 1 aliphatic heterocycles. The molecule has 1 unspecified atom stereocenters. The molecule has 0 bridgehead atoms. The van der Waals surface area contributed by atoms with E-state index >= 15 is 0 Å². The Morgan fingerprint density at radius 1 is 0.889 bits per heavy atom. The minimum atomic E-state index is -0.480. The molecular weight excluding hydrogens is 501 g/mol. The minimum absolute atomic E-state index is 0.00864. The summed E-state index contributed by atoms with van der Waals surface area (Å²) in [5.74, 6) is 1.64. The van der Waals surface area contributed by atoms with Gasteiger partial charge in [0.15, 0.2) is 11.5 Å². The van der Waals surface area contributed by atoms with E-state index < -0.39 is 6.04 Å². The molecule has 1 heterocycles. The van der Waals surface area contributed by atoms with Crippen molar-refractivity contribution < 1.29 is 24.1 Å². The molecule has 190 valence electrons. The summed E-state index contributed by atoms with van der Waals surface area (Å²) >= 11 is 12.6. The van der Waals surface area contributed by atoms with Gasteiger partial charge in [-0.2, -0.15) is 0 Å². The third-order valence-electron chi connectivity index (χ3n) is 5.89. The highest BCUT2D eigenvalue weighted by molar-refractivity contribution is 6.31. The van der Waals surface area contributed by atoms with Crippen molar-refractivity contribution in [3.63, 3.8) is 0 Å². The molecule has 1 N–H and O–H groups in total. The summed E-state index contributed by atoms with van der Waals surface area (Å²) in [6, 6.07) is 16.0. The van der Waals surface area contributed by atoms with Crippen LogP contribution in [0.4, 0.5) is 5.69 Å². The summed E-state index contributed by atoms with van der Waals surface area (Å²) in [6.07, 6.45) is 0.645. The standard InChI is InChI=1S/C28H29Cl2NO5/c1-3-34-25-14-19-15-27(33)31(23-16-21(30)10-11-24(23)36-13-5-12-32)28(18-6-8-20(29)9-7-18)22(19)17-26(25)35-4-2/h6-11,14,16-17,28,32H,3-5,12-13,15H2,1-2H3. The third kappa shape index (κ3) is 5.56. The Hall–Kier alpha value is -2.93. The van der Waals surface area contributed by atoms with Crippen LogP contribution in [0.3, 0.4) is 0 Å². The first kappa shape index (κ1) is 26.1. The number of hydrogen-bond acceptors (Lipinski definition) is 5. The molecule has 3 aromatic rings. The van der Waals surface area contributed by atoms with Crippen molar-refractivity contribution in [2.75, 3.05) is 31.3 Å². The van der Waals surface area contributed by atoms with Crippen LogP contribution in [0.2, 0.25) is 10.0 Å². The number of nitrogens with zero attached hydrogens (tertiary/aromatic N) is 1. The van der Waals surface area contributed by atoms with Crippen LogP contribution in [0.5, 0.6) is 17.2 Å². The highest BCUT2D eigenvalue weighted by Crippen LogP contribution is 2.46. The summed E-state index contributed by atoms with van der Waals surface area (Å²) in [6.45, 7) is 5.11. The molecule has 0 fully saturated rings. The van der Waals surface area contributed by atoms with Gasteiger partial charge >= 0.3 is 0 Å². The van der Waals surface area contributed by atoms with E-state index in [-0.39, 0.29) is 18.9 Å². The second-order valence-corrected chi connectivity index (χ2v) is 9.17. The smallest absolute Gasteiger partial charge is 0.232 e. The van der Waals surface area contributed by atoms with E-state index in [0.29, 0.717) is 59.2 Å². The van der Waals surface area contributed by atoms with E-state index in [1.165, 1.54) is 0 Å². The summed E-state index contributed by atoms with van der Waals surface area (Å²) < 4.78 is 17.7. The maximum absolute atomic E-state index is 13.8. The number of anilines is 1. The lowest BCUT2D eigenvalue weighted by molar-refractivity contribution is -0.118. The van der Waals surface area contributed by atoms with Gasteiger partial charge in [0.1, 0.15) is 5.75 Å². The molecule has 0 saturated heterocycles. The lowest BCUT2D eigenvalue weighted by atomic mass is 9.86. The van der Waals surface area contributed by atoms with E-state index in [9.17, 15) is 9.90 Å². The molecule has 0 aromatic heterocycles. The van der Waals surface area contributed by atoms with E-state index in [1.807, 2.05) is 50.2 Å². The van der Waals surface area contributed by atoms with E-state index in [2.05, 4.69) is 0 Å². The SMILES string of the molecule is CCOc1cc2c(cc1OCC)C(c1ccc(Cl)cc1)N(c1cc(Cl)ccc1OCCCO)C(=O)C2. The largest absolute Gasteiger partial charge is 0.491 e. The first-order chi connectivity index (χ1) is 17.5. The average Bonchev–Trinajstić information content (AvgIpc) is 2.86. The van der Waals surface area contributed by atoms with Crippen LogP contribution >= 0.6 is 23.2 Å². The number of benzene rings is 3. The van der Waals surface area contributed by atoms with E-state index in [0.717, 1.165) is 16.7 Å². The summed E-state index contributed by atoms with van der Waals surface area (Å²) in [5, 5.41) is 10.3. The average molecular weight is 530 g/mol. The van der Waals surface area contributed by atoms with Gasteiger partial charge in [-0.25, -0.2) is 0 Å². The van der Waals surface area contributed by atoms with Gasteiger partial charge in [-0.15, -0.1) is 0 Å². The zero-order chi connectivity index (χ0) is 25.7. The molecule has 0 aliphatic carbocycles. The van der Waals surface area contributed by atoms with Crippen molar-refractivity contribution in [2.24, 2.45) is 0 Å². The van der Waals surface area contributed by atoms with Crippen LogP contribution in [-0.4, -0.2) is 37.4 Å². The molecule has 1 amide bonds. The number of aliphatic hydroxyl groups is 1. The summed E-state index contributed by atoms with van der Waals surface area (Å²) in [4.78, 5) is 15.5. The van der Waals surface area contributed by atoms with Crippen molar-refractivity contribution in [1.82, 2.24) is 0 Å². The van der Waals surface area contributed by atoms with Crippen LogP contribution in [0.1, 0.15) is 43.0 Å². The van der Waals surface area contributed by atoms with Gasteiger partial charge in [0.2, 0.25) is 5.91 Å². The fourth-order valence-electron chi connectivity index (χ4n) is 4.39. The van der Waals surface area contributed by atoms with Gasteiger partial charge in [-0.1, -0.05) is 35.3 Å². The maximum atomic E-state index is 13.8. The van der Waals surface area contributed by atoms with Crippen LogP contribution < -0.4 is 19.1 Å². The number of halogens is 2. The molecule has 4 rings (SSSR count). The maximum Gasteiger partial charge on any atom is 0.232 e. The molecule has 6 nitrogen and oxygen atoms in total. The topological polar surface area (TPSA) is 68.2 Å². The fourth-order valence-corrected chi connectivity index (χ4v) is 4.68. The van der Waals surface area contributed by atoms with Crippen molar-refractivity contribution >= 4 is 34.8 Å². The van der Waals surface area contributed by atoms with Crippen molar-refractivity contribution in [1.29, 1.82) is 0 Å². The molecule has 36 heavy (non-hydrogen) atoms. The van der Waals surface area contributed by atoms with E-state index in [1.54, 1.807) is 23.1 Å². The van der Waals surface area contributed by atoms with Crippen LogP contribution in [0, 0.1) is 0 Å². The molecular formula is C28H29Cl2NO5. The Bertz CT molecular complexity index is 1220. The zero-order valence-corrected chi connectivity index (χ0v) is 21.8. The Morgan fingerprint density at radius 3 is 2.22 bits per heavy atom. The number of amides is 1. The number of fused-ring (bicyclic) bond motifs is 1. The van der Waals surface area contributed by atoms with Crippen LogP contribution in [0.15, 0.2) is 54.6 Å². The highest BCUT2D eigenvalue weighted by atomic mass is 35.5. The van der Waals surface area contributed by atoms with Gasteiger partial charge in [0.05, 0.1) is 38.0 Å². The zero-order valence-electron chi connectivity index (χ0n) is 20.3. The first-order valence-electron chi connectivity index (χ1n) is 12.0. The molecule has 0 spiro atoms. The second-order valence-electron chi connectivity index (χ2n) is 8.30. The number of aliphatic hydroxyl groups excluding tert-OH is 1. The summed E-state index contributed by atoms with van der Waals surface area (Å²) in [5.41, 5.74) is 3.22. The molecule has 0 saturated carbocycles. The van der Waals surface area contributed by atoms with Gasteiger partial charge < -0.3 is 19.3 Å². The molecule has 1 aliphatic rings. The number of carbonyl (C=O) groups excluding carboxylic acids is 1. The van der Waals surface area contributed by atoms with Crippen LogP contribution in [-0.2, 0) is 11.2 Å². The van der Waals surface area contributed by atoms with E-state index in [4.69, 9.17) is 37.4 Å². The Labute approximate surface area is 221 Å². The lowest BCUT2D eigenvalue weighted by Gasteiger charge is -2.38. The Morgan fingerprint density at radius 2 is 1.56 bits per heavy atom. The van der Waals surface area contributed by atoms with Crippen molar-refractivity contribution in [2.45, 2.75) is 32.7 Å². The monoisotopic (exact) mass is 529 g/mol. The minimum Gasteiger partial charge on any atom is -0.491 e. The van der Waals surface area contributed by atoms with Gasteiger partial charge in [-0.05, 0) is 73.0 Å². The van der Waals surface area contributed by atoms with Crippen molar-refractivity contribution in [3.8, 4) is 17.2 Å². The first-order valence-corrected chi connectivity index (χ1v) is 12.8. The number of hydrogen-bond donors (Lipinski definition) is 1. The fraction of sp³-hybridized carbons (Fsp3) is 0.321. The third-order valence-corrected chi connectivity index (χ3v) is 6.38. The summed E-state index contributed by atoms with van der Waals surface area (Å²) in [7, 11) is 0. The highest BCUT2D eigenvalue weighted by Gasteiger charge is 2.37. The lowest BCUT2D eigenvalue weighted by Crippen LogP contribution is -2.41. The predicted molar refractivity (Wildman–Crippen MR) is 142 cm³/mol. The van der Waals surface area contributed by atoms with Crippen LogP contribution in [0.25, 0.3) is 0 Å². The van der Waals surface area contributed by atoms with Gasteiger partial charge in [-0.3, -0.25) is 9.69 Å². The molecule has 3 aromatic carbocycles. The number of ether oxygens (including phenoxy) is 3. The number of carbonyl (C=O) groups is 1. The molecule has 0 radical (unpaired) electrons. The predicted octanol–water partition coefficient (Wildman–Crippen LogP) is 6.23. The quantitative estimate of drug-likeness (QED) is 0.315. The number of rotatable bonds is 10. The second kappa shape index (κ2) is 11.9. The van der Waals surface area contributed by atoms with Gasteiger partial charge in [0.25, 0.3) is 0 Å². The molecule has 8 heteroatoms. The Balaban J connectivity index is 1.91. The normalized spacial score (nSPS) is 15.0. The Kier molecular flexibility index (Phi) is 8.62. The van der Waals surface area contributed by atoms with Crippen molar-refractivity contribution in [3.05, 3.63) is 81.3 Å².